The van der Waals surface area contributed by atoms with Crippen molar-refractivity contribution in [3.8, 4) is 0 Å². The van der Waals surface area contributed by atoms with Crippen LogP contribution in [0.1, 0.15) is 30.4 Å². The van der Waals surface area contributed by atoms with E-state index in [1.807, 2.05) is 11.8 Å². The Kier molecular flexibility index (Phi) is 2.94. The molecule has 2 aromatic carbocycles. The molecule has 0 amide bonds. The molecule has 1 aliphatic heterocycles. The summed E-state index contributed by atoms with van der Waals surface area (Å²) in [6, 6.07) is 19.7. The minimum absolute atomic E-state index is 0.573. The number of rotatable bonds is 1. The van der Waals surface area contributed by atoms with Gasteiger partial charge in [0.05, 0.1) is 0 Å². The van der Waals surface area contributed by atoms with Gasteiger partial charge in [-0.15, -0.1) is 11.8 Å². The van der Waals surface area contributed by atoms with Gasteiger partial charge in [-0.1, -0.05) is 55.5 Å². The first-order valence-corrected chi connectivity index (χ1v) is 7.03. The Morgan fingerprint density at radius 3 is 2.47 bits per heavy atom. The van der Waals surface area contributed by atoms with Crippen molar-refractivity contribution >= 4 is 11.8 Å². The second-order valence-electron chi connectivity index (χ2n) is 4.67. The number of benzene rings is 2. The van der Waals surface area contributed by atoms with Gasteiger partial charge in [-0.25, -0.2) is 0 Å². The predicted molar refractivity (Wildman–Crippen MR) is 74.7 cm³/mol. The number of fused-ring (bicyclic) bond motifs is 1. The van der Waals surface area contributed by atoms with Gasteiger partial charge in [0.2, 0.25) is 0 Å². The normalized spacial score (nSPS) is 23.1. The zero-order valence-electron chi connectivity index (χ0n) is 9.97. The monoisotopic (exact) mass is 240 g/mol. The van der Waals surface area contributed by atoms with Crippen LogP contribution in [0.4, 0.5) is 0 Å². The molecule has 2 unspecified atom stereocenters. The summed E-state index contributed by atoms with van der Waals surface area (Å²) in [6.45, 7) is 2.33. The molecule has 0 fully saturated rings. The van der Waals surface area contributed by atoms with Crippen LogP contribution in [-0.2, 0) is 0 Å². The van der Waals surface area contributed by atoms with E-state index in [0.29, 0.717) is 11.2 Å². The maximum Gasteiger partial charge on any atom is 0.0113 e. The van der Waals surface area contributed by atoms with Crippen LogP contribution < -0.4 is 0 Å². The van der Waals surface area contributed by atoms with Crippen molar-refractivity contribution in [3.63, 3.8) is 0 Å². The first kappa shape index (κ1) is 10.9. The van der Waals surface area contributed by atoms with Gasteiger partial charge in [0.25, 0.3) is 0 Å². The highest BCUT2D eigenvalue weighted by atomic mass is 32.2. The molecule has 0 saturated heterocycles. The highest BCUT2D eigenvalue weighted by molar-refractivity contribution is 8.00. The molecule has 2 atom stereocenters. The summed E-state index contributed by atoms with van der Waals surface area (Å²) in [4.78, 5) is 1.46. The van der Waals surface area contributed by atoms with Crippen molar-refractivity contribution in [2.24, 2.45) is 0 Å². The van der Waals surface area contributed by atoms with E-state index in [2.05, 4.69) is 61.5 Å². The molecule has 3 rings (SSSR count). The SMILES string of the molecule is CC1CC(c2ccccc2)c2ccccc2S1. The Balaban J connectivity index is 2.07. The molecule has 0 saturated carbocycles. The van der Waals surface area contributed by atoms with Crippen molar-refractivity contribution in [1.82, 2.24) is 0 Å². The third-order valence-corrected chi connectivity index (χ3v) is 4.61. The molecule has 0 radical (unpaired) electrons. The lowest BCUT2D eigenvalue weighted by molar-refractivity contribution is 0.684. The molecule has 86 valence electrons. The van der Waals surface area contributed by atoms with E-state index in [1.165, 1.54) is 22.4 Å². The lowest BCUT2D eigenvalue weighted by Crippen LogP contribution is -2.14. The molecule has 0 N–H and O–H groups in total. The van der Waals surface area contributed by atoms with E-state index in [9.17, 15) is 0 Å². The van der Waals surface area contributed by atoms with Gasteiger partial charge in [-0.2, -0.15) is 0 Å². The van der Waals surface area contributed by atoms with Gasteiger partial charge in [0.1, 0.15) is 0 Å². The van der Waals surface area contributed by atoms with Crippen LogP contribution in [0, 0.1) is 0 Å². The fourth-order valence-corrected chi connectivity index (χ4v) is 3.83. The van der Waals surface area contributed by atoms with Crippen LogP contribution >= 0.6 is 11.8 Å². The smallest absolute Gasteiger partial charge is 0.0113 e. The quantitative estimate of drug-likeness (QED) is 0.696. The molecule has 0 aliphatic carbocycles. The highest BCUT2D eigenvalue weighted by Crippen LogP contribution is 2.44. The van der Waals surface area contributed by atoms with Crippen LogP contribution in [0.3, 0.4) is 0 Å². The molecule has 2 aromatic rings. The average Bonchev–Trinajstić information content (AvgIpc) is 2.39. The molecule has 0 bridgehead atoms. The minimum Gasteiger partial charge on any atom is -0.123 e. The van der Waals surface area contributed by atoms with Crippen molar-refractivity contribution in [2.45, 2.75) is 29.4 Å². The number of hydrogen-bond acceptors (Lipinski definition) is 1. The third kappa shape index (κ3) is 2.12. The highest BCUT2D eigenvalue weighted by Gasteiger charge is 2.25. The van der Waals surface area contributed by atoms with Crippen LogP contribution in [0.2, 0.25) is 0 Å². The van der Waals surface area contributed by atoms with Gasteiger partial charge < -0.3 is 0 Å². The lowest BCUT2D eigenvalue weighted by Gasteiger charge is -2.29. The zero-order chi connectivity index (χ0) is 11.7. The van der Waals surface area contributed by atoms with E-state index < -0.39 is 0 Å². The summed E-state index contributed by atoms with van der Waals surface area (Å²) in [7, 11) is 0. The van der Waals surface area contributed by atoms with E-state index in [1.54, 1.807) is 0 Å². The zero-order valence-corrected chi connectivity index (χ0v) is 10.8. The molecule has 17 heavy (non-hydrogen) atoms. The summed E-state index contributed by atoms with van der Waals surface area (Å²) >= 11 is 2.01. The first-order chi connectivity index (χ1) is 8.34. The van der Waals surface area contributed by atoms with Crippen molar-refractivity contribution in [2.75, 3.05) is 0 Å². The Morgan fingerprint density at radius 1 is 0.941 bits per heavy atom. The molecule has 0 aromatic heterocycles. The summed E-state index contributed by atoms with van der Waals surface area (Å²) < 4.78 is 0. The maximum absolute atomic E-state index is 2.33. The van der Waals surface area contributed by atoms with Crippen LogP contribution in [-0.4, -0.2) is 5.25 Å². The predicted octanol–water partition coefficient (Wildman–Crippen LogP) is 4.70. The van der Waals surface area contributed by atoms with Crippen molar-refractivity contribution < 1.29 is 0 Å². The van der Waals surface area contributed by atoms with Crippen LogP contribution in [0.25, 0.3) is 0 Å². The lowest BCUT2D eigenvalue weighted by atomic mass is 9.87. The maximum atomic E-state index is 2.33. The van der Waals surface area contributed by atoms with E-state index in [0.717, 1.165) is 0 Å². The van der Waals surface area contributed by atoms with Crippen LogP contribution in [0.5, 0.6) is 0 Å². The molecule has 0 nitrogen and oxygen atoms in total. The summed E-state index contributed by atoms with van der Waals surface area (Å²) in [5.41, 5.74) is 2.95. The Hall–Kier alpha value is -1.21. The molecular formula is C16H16S. The average molecular weight is 240 g/mol. The molecular weight excluding hydrogens is 224 g/mol. The third-order valence-electron chi connectivity index (χ3n) is 3.39. The van der Waals surface area contributed by atoms with E-state index in [4.69, 9.17) is 0 Å². The number of hydrogen-bond donors (Lipinski definition) is 0. The van der Waals surface area contributed by atoms with E-state index >= 15 is 0 Å². The Morgan fingerprint density at radius 2 is 1.65 bits per heavy atom. The van der Waals surface area contributed by atoms with Crippen molar-refractivity contribution in [3.05, 3.63) is 65.7 Å². The fraction of sp³-hybridized carbons (Fsp3) is 0.250. The summed E-state index contributed by atoms with van der Waals surface area (Å²) in [6.07, 6.45) is 1.24. The number of thioether (sulfide) groups is 1. The minimum atomic E-state index is 0.573. The summed E-state index contributed by atoms with van der Waals surface area (Å²) in [5.74, 6) is 0.573. The summed E-state index contributed by atoms with van der Waals surface area (Å²) in [5, 5.41) is 0.704. The van der Waals surface area contributed by atoms with Crippen LogP contribution in [0.15, 0.2) is 59.5 Å². The van der Waals surface area contributed by atoms with Gasteiger partial charge >= 0.3 is 0 Å². The molecule has 1 heteroatoms. The van der Waals surface area contributed by atoms with Gasteiger partial charge in [-0.05, 0) is 23.6 Å². The largest absolute Gasteiger partial charge is 0.123 e. The van der Waals surface area contributed by atoms with Gasteiger partial charge in [0, 0.05) is 16.1 Å². The Labute approximate surface area is 107 Å². The second-order valence-corrected chi connectivity index (χ2v) is 6.15. The van der Waals surface area contributed by atoms with Gasteiger partial charge in [-0.3, -0.25) is 0 Å². The second kappa shape index (κ2) is 4.58. The molecule has 1 aliphatic rings. The van der Waals surface area contributed by atoms with Crippen molar-refractivity contribution in [1.29, 1.82) is 0 Å². The topological polar surface area (TPSA) is 0 Å². The molecule has 1 heterocycles. The first-order valence-electron chi connectivity index (χ1n) is 6.15. The van der Waals surface area contributed by atoms with Gasteiger partial charge in [0.15, 0.2) is 0 Å². The molecule has 0 spiro atoms. The fourth-order valence-electron chi connectivity index (χ4n) is 2.60. The standard InChI is InChI=1S/C16H16S/c1-12-11-15(13-7-3-2-4-8-13)14-9-5-6-10-16(14)17-12/h2-10,12,15H,11H2,1H3. The Bertz CT molecular complexity index is 504. The van der Waals surface area contributed by atoms with E-state index in [-0.39, 0.29) is 0 Å².